The van der Waals surface area contributed by atoms with Gasteiger partial charge in [-0.15, -0.1) is 22.7 Å². The lowest BCUT2D eigenvalue weighted by Gasteiger charge is -2.28. The number of anilines is 1. The molecule has 0 saturated carbocycles. The molecule has 0 unspecified atom stereocenters. The fourth-order valence-electron chi connectivity index (χ4n) is 4.66. The molecule has 3 heterocycles. The van der Waals surface area contributed by atoms with Gasteiger partial charge >= 0.3 is 19.1 Å². The Morgan fingerprint density at radius 1 is 0.981 bits per heavy atom. The van der Waals surface area contributed by atoms with Crippen molar-refractivity contribution in [2.75, 3.05) is 26.4 Å². The molecular weight excluding hydrogens is 745 g/mol. The van der Waals surface area contributed by atoms with E-state index in [9.17, 15) is 34.1 Å². The Hall–Kier alpha value is -5.41. The van der Waals surface area contributed by atoms with E-state index in [2.05, 4.69) is 30.9 Å². The molecule has 290 valence electrons. The predicted molar refractivity (Wildman–Crippen MR) is 201 cm³/mol. The van der Waals surface area contributed by atoms with Gasteiger partial charge in [-0.25, -0.2) is 19.6 Å². The van der Waals surface area contributed by atoms with E-state index in [1.165, 1.54) is 50.7 Å². The van der Waals surface area contributed by atoms with Crippen LogP contribution < -0.4 is 21.0 Å². The smallest absolute Gasteiger partial charge is 0.526 e. The first kappa shape index (κ1) is 43.0. The fraction of sp³-hybridized carbons (Fsp3) is 0.424. The summed E-state index contributed by atoms with van der Waals surface area (Å²) >= 11 is 2.48. The number of aromatic carboxylic acids is 1. The number of Topliss-reactive ketones (excluding diaryl/α,β-unsaturated/α-hetero) is 1. The Bertz CT molecular complexity index is 1930. The zero-order valence-corrected chi connectivity index (χ0v) is 32.5. The first-order valence-corrected chi connectivity index (χ1v) is 18.1. The number of nitrogens with two attached hydrogens (primary N) is 1. The number of hydrogen-bond acceptors (Lipinski definition) is 17. The molecule has 2 amide bonds. The lowest BCUT2D eigenvalue weighted by molar-refractivity contribution is -0.143. The molecule has 21 heteroatoms. The van der Waals surface area contributed by atoms with Crippen molar-refractivity contribution < 1.29 is 53.2 Å². The van der Waals surface area contributed by atoms with Crippen LogP contribution in [0.1, 0.15) is 73.4 Å². The van der Waals surface area contributed by atoms with Crippen molar-refractivity contribution in [3.05, 3.63) is 56.5 Å². The number of ether oxygens (including phenoxy) is 1. The molecule has 0 radical (unpaired) electrons. The maximum absolute atomic E-state index is 13.2. The number of esters is 1. The van der Waals surface area contributed by atoms with Crippen molar-refractivity contribution >= 4 is 75.9 Å². The van der Waals surface area contributed by atoms with Crippen molar-refractivity contribution in [1.82, 2.24) is 20.6 Å². The van der Waals surface area contributed by atoms with Gasteiger partial charge in [-0.05, 0) is 59.6 Å². The molecule has 1 aliphatic heterocycles. The maximum Gasteiger partial charge on any atom is 0.526 e. The summed E-state index contributed by atoms with van der Waals surface area (Å²) in [6.07, 6.45) is 0.0123. The van der Waals surface area contributed by atoms with Gasteiger partial charge in [0.25, 0.3) is 11.8 Å². The highest BCUT2D eigenvalue weighted by Crippen LogP contribution is 2.36. The van der Waals surface area contributed by atoms with Crippen molar-refractivity contribution in [2.24, 2.45) is 10.3 Å². The van der Waals surface area contributed by atoms with Crippen LogP contribution in [0, 0.1) is 6.92 Å². The summed E-state index contributed by atoms with van der Waals surface area (Å²) in [6, 6.07) is 4.63. The minimum absolute atomic E-state index is 0.0572. The molecule has 1 aliphatic rings. The number of carbonyl (C=O) groups is 5. The van der Waals surface area contributed by atoms with E-state index >= 15 is 0 Å². The molecule has 4 rings (SSSR count). The molecule has 0 spiro atoms. The second-order valence-electron chi connectivity index (χ2n) is 12.5. The summed E-state index contributed by atoms with van der Waals surface area (Å²) in [7, 11) is 1.53. The minimum atomic E-state index is -1.41. The Kier molecular flexibility index (Phi) is 14.8. The third-order valence-corrected chi connectivity index (χ3v) is 8.98. The SMILES string of the molecule is CCOC(=O)/C(=N\OC(C)(C)C(=O)NC)c1csc(C)n1.CNC(=O)C(C)(C)O/N=C(\C(=O)C[C@H]1Cc2cccc(C(=O)O)c2OB1O)c1csc(N)n1. The molecule has 3 aromatic rings. The molecule has 0 saturated heterocycles. The number of benzene rings is 1. The van der Waals surface area contributed by atoms with Crippen LogP contribution in [0.3, 0.4) is 0 Å². The number of nitrogens with zero attached hydrogens (tertiary/aromatic N) is 4. The van der Waals surface area contributed by atoms with Crippen molar-refractivity contribution in [3.63, 3.8) is 0 Å². The number of fused-ring (bicyclic) bond motifs is 1. The van der Waals surface area contributed by atoms with E-state index in [0.717, 1.165) is 16.3 Å². The first-order valence-electron chi connectivity index (χ1n) is 16.4. The quantitative estimate of drug-likeness (QED) is 0.0680. The Labute approximate surface area is 319 Å². The van der Waals surface area contributed by atoms with E-state index in [0.29, 0.717) is 11.3 Å². The summed E-state index contributed by atoms with van der Waals surface area (Å²) < 4.78 is 10.4. The van der Waals surface area contributed by atoms with Crippen molar-refractivity contribution in [2.45, 2.75) is 71.4 Å². The van der Waals surface area contributed by atoms with E-state index in [4.69, 9.17) is 24.8 Å². The Morgan fingerprint density at radius 2 is 1.56 bits per heavy atom. The summed E-state index contributed by atoms with van der Waals surface area (Å²) in [6.45, 7) is 9.78. The van der Waals surface area contributed by atoms with Crippen LogP contribution in [-0.4, -0.2) is 100 Å². The van der Waals surface area contributed by atoms with Crippen LogP contribution >= 0.6 is 22.7 Å². The second-order valence-corrected chi connectivity index (χ2v) is 14.4. The number of hydrogen-bond donors (Lipinski definition) is 5. The number of oxime groups is 2. The van der Waals surface area contributed by atoms with Gasteiger partial charge in [0.1, 0.15) is 17.1 Å². The molecular formula is C33H42BN7O11S2. The van der Waals surface area contributed by atoms with Gasteiger partial charge in [-0.2, -0.15) is 0 Å². The average molecular weight is 788 g/mol. The van der Waals surface area contributed by atoms with Crippen LogP contribution in [0.25, 0.3) is 0 Å². The highest BCUT2D eigenvalue weighted by atomic mass is 32.1. The highest BCUT2D eigenvalue weighted by Gasteiger charge is 2.39. The van der Waals surface area contributed by atoms with Gasteiger partial charge in [-0.1, -0.05) is 22.4 Å². The van der Waals surface area contributed by atoms with Crippen LogP contribution in [0.2, 0.25) is 5.82 Å². The van der Waals surface area contributed by atoms with Crippen molar-refractivity contribution in [3.8, 4) is 5.75 Å². The molecule has 18 nitrogen and oxygen atoms in total. The van der Waals surface area contributed by atoms with Crippen molar-refractivity contribution in [1.29, 1.82) is 0 Å². The molecule has 0 fully saturated rings. The monoisotopic (exact) mass is 787 g/mol. The summed E-state index contributed by atoms with van der Waals surface area (Å²) in [5.74, 6) is -3.74. The number of thiazole rings is 2. The summed E-state index contributed by atoms with van der Waals surface area (Å²) in [5.41, 5.74) is 3.95. The lowest BCUT2D eigenvalue weighted by Crippen LogP contribution is -2.42. The van der Waals surface area contributed by atoms with Crippen LogP contribution in [0.15, 0.2) is 39.3 Å². The van der Waals surface area contributed by atoms with Crippen LogP contribution in [-0.2, 0) is 40.0 Å². The number of carboxylic acids is 1. The van der Waals surface area contributed by atoms with Gasteiger partial charge in [-0.3, -0.25) is 14.4 Å². The largest absolute Gasteiger partial charge is 0.535 e. The normalized spacial score (nSPS) is 14.4. The molecule has 2 aromatic heterocycles. The zero-order chi connectivity index (χ0) is 40.4. The number of carbonyl (C=O) groups excluding carboxylic acids is 4. The van der Waals surface area contributed by atoms with E-state index in [1.54, 1.807) is 38.3 Å². The molecule has 54 heavy (non-hydrogen) atoms. The first-order chi connectivity index (χ1) is 25.3. The molecule has 1 aromatic carbocycles. The van der Waals surface area contributed by atoms with Gasteiger partial charge < -0.3 is 45.6 Å². The van der Waals surface area contributed by atoms with Crippen LogP contribution in [0.5, 0.6) is 5.75 Å². The number of para-hydroxylation sites is 1. The van der Waals surface area contributed by atoms with Gasteiger partial charge in [0.05, 0.1) is 17.2 Å². The second kappa shape index (κ2) is 18.6. The number of aryl methyl sites for hydroxylation is 1. The van der Waals surface area contributed by atoms with Crippen LogP contribution in [0.4, 0.5) is 5.13 Å². The fourth-order valence-corrected chi connectivity index (χ4v) is 5.81. The number of aromatic nitrogens is 2. The third-order valence-electron chi connectivity index (χ3n) is 7.54. The Morgan fingerprint density at radius 3 is 2.06 bits per heavy atom. The Balaban J connectivity index is 0.000000322. The number of amides is 2. The molecule has 0 aliphatic carbocycles. The zero-order valence-electron chi connectivity index (χ0n) is 30.9. The number of nitrogens with one attached hydrogen (secondary N) is 2. The predicted octanol–water partition coefficient (Wildman–Crippen LogP) is 2.37. The number of ketones is 1. The van der Waals surface area contributed by atoms with Gasteiger partial charge in [0.15, 0.2) is 16.6 Å². The summed E-state index contributed by atoms with van der Waals surface area (Å²) in [5, 5.41) is 36.6. The average Bonchev–Trinajstić information content (AvgIpc) is 3.75. The van der Waals surface area contributed by atoms with E-state index in [-0.39, 0.29) is 58.9 Å². The maximum atomic E-state index is 13.2. The number of likely N-dealkylation sites (N-methyl/N-ethyl adjacent to an activating group) is 2. The molecule has 0 bridgehead atoms. The van der Waals surface area contributed by atoms with E-state index in [1.807, 2.05) is 6.92 Å². The number of carboxylic acid groups (broad SMARTS) is 1. The topological polar surface area (TPSA) is 263 Å². The number of nitrogen functional groups attached to an aromatic ring is 1. The number of rotatable bonds is 14. The van der Waals surface area contributed by atoms with Gasteiger partial charge in [0, 0.05) is 37.1 Å². The van der Waals surface area contributed by atoms with Gasteiger partial charge in [0.2, 0.25) is 16.9 Å². The summed E-state index contributed by atoms with van der Waals surface area (Å²) in [4.78, 5) is 79.0. The minimum Gasteiger partial charge on any atom is -0.535 e. The standard InChI is InChI=1S/C20H23BN4O7S.C13H19N3O4S/c1-20(2,18(29)23-3)32-25-15(13-9-33-19(22)24-13)14(26)8-11-7-10-5-4-6-12(17(27)28)16(10)31-21(11)30;1-6-19-11(17)10(9-7-21-8(2)15-9)16-20-13(3,4)12(18)14-5/h4-6,9,11,30H,7-8H2,1-3H3,(H2,22,24)(H,23,29)(H,27,28);7H,6H2,1-5H3,(H,14,18)/b25-15-;16-10-/t11-;/m1./s1. The van der Waals surface area contributed by atoms with E-state index < -0.39 is 47.8 Å². The third kappa shape index (κ3) is 11.1. The molecule has 1 atom stereocenters. The highest BCUT2D eigenvalue weighted by molar-refractivity contribution is 7.13. The lowest BCUT2D eigenvalue weighted by atomic mass is 9.64. The molecule has 6 N–H and O–H groups in total.